The van der Waals surface area contributed by atoms with Crippen molar-refractivity contribution in [3.63, 3.8) is 0 Å². The van der Waals surface area contributed by atoms with Gasteiger partial charge < -0.3 is 16.2 Å². The Labute approximate surface area is 102 Å². The topological polar surface area (TPSA) is 82.1 Å². The summed E-state index contributed by atoms with van der Waals surface area (Å²) in [5, 5.41) is 21.2. The number of nitrogens with zero attached hydrogens (tertiary/aromatic N) is 1. The highest BCUT2D eigenvalue weighted by atomic mass is 16.3. The van der Waals surface area contributed by atoms with Crippen LogP contribution in [-0.2, 0) is 0 Å². The predicted molar refractivity (Wildman–Crippen MR) is 69.5 cm³/mol. The Morgan fingerprint density at radius 2 is 2.18 bits per heavy atom. The molecule has 4 nitrogen and oxygen atoms in total. The van der Waals surface area contributed by atoms with E-state index in [1.54, 1.807) is 12.1 Å². The van der Waals surface area contributed by atoms with Crippen LogP contribution in [0.1, 0.15) is 25.8 Å². The number of nitrogens with two attached hydrogens (primary N) is 1. The first-order valence-corrected chi connectivity index (χ1v) is 5.75. The van der Waals surface area contributed by atoms with Crippen LogP contribution in [0.5, 0.6) is 0 Å². The van der Waals surface area contributed by atoms with Gasteiger partial charge in [-0.25, -0.2) is 0 Å². The van der Waals surface area contributed by atoms with Crippen LogP contribution in [0.25, 0.3) is 0 Å². The smallest absolute Gasteiger partial charge is 0.101 e. The molecule has 1 unspecified atom stereocenters. The zero-order valence-electron chi connectivity index (χ0n) is 10.3. The molecule has 1 aromatic rings. The molecule has 0 saturated carbocycles. The van der Waals surface area contributed by atoms with E-state index in [0.717, 1.165) is 5.69 Å². The number of nitrogen functional groups attached to an aromatic ring is 1. The highest BCUT2D eigenvalue weighted by molar-refractivity contribution is 5.62. The van der Waals surface area contributed by atoms with E-state index in [1.165, 1.54) is 0 Å². The lowest BCUT2D eigenvalue weighted by atomic mass is 10.0. The van der Waals surface area contributed by atoms with Crippen molar-refractivity contribution < 1.29 is 5.11 Å². The van der Waals surface area contributed by atoms with Gasteiger partial charge in [0.05, 0.1) is 5.56 Å². The summed E-state index contributed by atoms with van der Waals surface area (Å²) >= 11 is 0. The molecular formula is C13H19N3O. The van der Waals surface area contributed by atoms with Gasteiger partial charge in [-0.15, -0.1) is 0 Å². The molecule has 0 amide bonds. The van der Waals surface area contributed by atoms with Crippen LogP contribution in [0.15, 0.2) is 18.2 Å². The van der Waals surface area contributed by atoms with E-state index in [2.05, 4.69) is 25.2 Å². The Morgan fingerprint density at radius 1 is 1.47 bits per heavy atom. The number of hydrogen-bond acceptors (Lipinski definition) is 4. The highest BCUT2D eigenvalue weighted by Crippen LogP contribution is 2.20. The first-order chi connectivity index (χ1) is 8.08. The van der Waals surface area contributed by atoms with Crippen molar-refractivity contribution in [3.05, 3.63) is 23.8 Å². The molecule has 0 radical (unpaired) electrons. The maximum absolute atomic E-state index is 9.00. The van der Waals surface area contributed by atoms with Crippen LogP contribution in [-0.4, -0.2) is 17.8 Å². The second kappa shape index (κ2) is 6.12. The van der Waals surface area contributed by atoms with E-state index >= 15 is 0 Å². The summed E-state index contributed by atoms with van der Waals surface area (Å²) in [6.07, 6.45) is 0.684. The molecule has 1 atom stereocenters. The number of aliphatic hydroxyl groups is 1. The fourth-order valence-electron chi connectivity index (χ4n) is 1.67. The summed E-state index contributed by atoms with van der Waals surface area (Å²) in [5.74, 6) is 0.408. The summed E-state index contributed by atoms with van der Waals surface area (Å²) in [4.78, 5) is 0. The minimum absolute atomic E-state index is 0.149. The van der Waals surface area contributed by atoms with Gasteiger partial charge in [0, 0.05) is 24.0 Å². The number of aliphatic hydroxyl groups excluding tert-OH is 1. The lowest BCUT2D eigenvalue weighted by molar-refractivity contribution is 0.267. The second-order valence-electron chi connectivity index (χ2n) is 4.42. The van der Waals surface area contributed by atoms with Crippen LogP contribution in [0.4, 0.5) is 11.4 Å². The molecule has 1 rings (SSSR count). The Kier molecular flexibility index (Phi) is 4.80. The van der Waals surface area contributed by atoms with E-state index in [4.69, 9.17) is 16.1 Å². The van der Waals surface area contributed by atoms with Crippen molar-refractivity contribution in [2.45, 2.75) is 26.3 Å². The van der Waals surface area contributed by atoms with Gasteiger partial charge >= 0.3 is 0 Å². The van der Waals surface area contributed by atoms with Crippen LogP contribution in [0.3, 0.4) is 0 Å². The third-order valence-electron chi connectivity index (χ3n) is 2.77. The maximum atomic E-state index is 9.00. The molecule has 17 heavy (non-hydrogen) atoms. The zero-order valence-corrected chi connectivity index (χ0v) is 10.3. The molecule has 92 valence electrons. The summed E-state index contributed by atoms with van der Waals surface area (Å²) in [7, 11) is 0. The number of hydrogen-bond donors (Lipinski definition) is 3. The van der Waals surface area contributed by atoms with Gasteiger partial charge in [-0.3, -0.25) is 0 Å². The third kappa shape index (κ3) is 3.65. The normalized spacial score (nSPS) is 12.2. The number of rotatable bonds is 5. The van der Waals surface area contributed by atoms with Gasteiger partial charge in [0.1, 0.15) is 6.07 Å². The fourth-order valence-corrected chi connectivity index (χ4v) is 1.67. The summed E-state index contributed by atoms with van der Waals surface area (Å²) in [6, 6.07) is 7.55. The Bertz CT molecular complexity index is 410. The van der Waals surface area contributed by atoms with Crippen LogP contribution < -0.4 is 11.1 Å². The minimum atomic E-state index is 0.149. The van der Waals surface area contributed by atoms with Crippen molar-refractivity contribution in [1.82, 2.24) is 0 Å². The molecule has 0 aliphatic heterocycles. The molecule has 0 fully saturated rings. The molecule has 4 heteroatoms. The van der Waals surface area contributed by atoms with E-state index in [-0.39, 0.29) is 12.6 Å². The Balaban J connectivity index is 2.83. The SMILES string of the molecule is CC(C)C(CCO)Nc1ccc(N)c(C#N)c1. The van der Waals surface area contributed by atoms with E-state index in [1.807, 2.05) is 6.07 Å². The van der Waals surface area contributed by atoms with Crippen molar-refractivity contribution >= 4 is 11.4 Å². The van der Waals surface area contributed by atoms with Crippen LogP contribution in [0.2, 0.25) is 0 Å². The first-order valence-electron chi connectivity index (χ1n) is 5.75. The molecule has 0 bridgehead atoms. The Morgan fingerprint density at radius 3 is 2.71 bits per heavy atom. The number of nitrogens with one attached hydrogen (secondary N) is 1. The quantitative estimate of drug-likeness (QED) is 0.679. The molecular weight excluding hydrogens is 214 g/mol. The predicted octanol–water partition coefficient (Wildman–Crippen LogP) is 1.96. The molecule has 0 aliphatic carbocycles. The first kappa shape index (κ1) is 13.3. The van der Waals surface area contributed by atoms with Crippen molar-refractivity contribution in [2.24, 2.45) is 5.92 Å². The van der Waals surface area contributed by atoms with Crippen molar-refractivity contribution in [2.75, 3.05) is 17.7 Å². The van der Waals surface area contributed by atoms with E-state index in [0.29, 0.717) is 23.6 Å². The molecule has 1 aromatic carbocycles. The lowest BCUT2D eigenvalue weighted by Crippen LogP contribution is -2.26. The average Bonchev–Trinajstić information content (AvgIpc) is 2.30. The monoisotopic (exact) mass is 233 g/mol. The molecule has 0 saturated heterocycles. The van der Waals surface area contributed by atoms with Gasteiger partial charge in [-0.05, 0) is 30.5 Å². The Hall–Kier alpha value is -1.73. The number of anilines is 2. The average molecular weight is 233 g/mol. The molecule has 4 N–H and O–H groups in total. The summed E-state index contributed by atoms with van der Waals surface area (Å²) < 4.78 is 0. The van der Waals surface area contributed by atoms with Gasteiger partial charge in [-0.1, -0.05) is 13.8 Å². The second-order valence-corrected chi connectivity index (χ2v) is 4.42. The van der Waals surface area contributed by atoms with Crippen LogP contribution >= 0.6 is 0 Å². The van der Waals surface area contributed by atoms with Crippen molar-refractivity contribution in [3.8, 4) is 6.07 Å². The van der Waals surface area contributed by atoms with E-state index in [9.17, 15) is 0 Å². The molecule has 0 aliphatic rings. The lowest BCUT2D eigenvalue weighted by Gasteiger charge is -2.23. The van der Waals surface area contributed by atoms with Gasteiger partial charge in [0.25, 0.3) is 0 Å². The standard InChI is InChI=1S/C13H19N3O/c1-9(2)13(5-6-17)16-11-3-4-12(15)10(7-11)8-14/h3-4,7,9,13,16-17H,5-6,15H2,1-2H3. The minimum Gasteiger partial charge on any atom is -0.398 e. The van der Waals surface area contributed by atoms with Gasteiger partial charge in [0.2, 0.25) is 0 Å². The fraction of sp³-hybridized carbons (Fsp3) is 0.462. The zero-order chi connectivity index (χ0) is 12.8. The maximum Gasteiger partial charge on any atom is 0.101 e. The van der Waals surface area contributed by atoms with Gasteiger partial charge in [0.15, 0.2) is 0 Å². The van der Waals surface area contributed by atoms with Crippen molar-refractivity contribution in [1.29, 1.82) is 5.26 Å². The largest absolute Gasteiger partial charge is 0.398 e. The number of benzene rings is 1. The molecule has 0 heterocycles. The summed E-state index contributed by atoms with van der Waals surface area (Å²) in [5.41, 5.74) is 7.48. The molecule has 0 aromatic heterocycles. The van der Waals surface area contributed by atoms with E-state index < -0.39 is 0 Å². The third-order valence-corrected chi connectivity index (χ3v) is 2.77. The van der Waals surface area contributed by atoms with Crippen LogP contribution in [0, 0.1) is 17.2 Å². The molecule has 0 spiro atoms. The summed E-state index contributed by atoms with van der Waals surface area (Å²) in [6.45, 7) is 4.33. The number of nitriles is 1. The van der Waals surface area contributed by atoms with Gasteiger partial charge in [-0.2, -0.15) is 5.26 Å². The highest BCUT2D eigenvalue weighted by Gasteiger charge is 2.12.